The molecule has 2 aromatic rings. The van der Waals surface area contributed by atoms with Crippen LogP contribution >= 0.6 is 0 Å². The van der Waals surface area contributed by atoms with Gasteiger partial charge in [0, 0.05) is 33.2 Å². The standard InChI is InChI=1S/C26H31N3O6S/c1-18-17-28(26(31)25-4-3-13-35-25)24-16-21(7-10-23(24)29(18)19(2)30)20-5-8-22(9-6-20)36(32,33)27-11-14-34-15-12-27/h5-10,16,18,25H,3-4,11-15,17H2,1-2H3. The second kappa shape index (κ2) is 9.93. The quantitative estimate of drug-likeness (QED) is 0.624. The highest BCUT2D eigenvalue weighted by molar-refractivity contribution is 7.89. The minimum absolute atomic E-state index is 0.0848. The van der Waals surface area contributed by atoms with Crippen molar-refractivity contribution in [2.75, 3.05) is 49.3 Å². The smallest absolute Gasteiger partial charge is 0.256 e. The van der Waals surface area contributed by atoms with Crippen LogP contribution in [0.5, 0.6) is 0 Å². The normalized spacial score (nSPS) is 22.9. The Bertz CT molecular complexity index is 1250. The number of morpholine rings is 1. The summed E-state index contributed by atoms with van der Waals surface area (Å²) in [6.45, 7) is 5.88. The van der Waals surface area contributed by atoms with E-state index in [1.54, 1.807) is 34.1 Å². The van der Waals surface area contributed by atoms with E-state index in [0.717, 1.165) is 17.5 Å². The zero-order valence-corrected chi connectivity index (χ0v) is 21.4. The number of rotatable bonds is 4. The van der Waals surface area contributed by atoms with Crippen LogP contribution in [-0.2, 0) is 29.1 Å². The first kappa shape index (κ1) is 24.9. The Balaban J connectivity index is 1.48. The first-order valence-electron chi connectivity index (χ1n) is 12.3. The van der Waals surface area contributed by atoms with Crippen LogP contribution in [0.1, 0.15) is 26.7 Å². The Labute approximate surface area is 211 Å². The molecule has 2 atom stereocenters. The average Bonchev–Trinajstić information content (AvgIpc) is 3.43. The van der Waals surface area contributed by atoms with Gasteiger partial charge in [-0.3, -0.25) is 9.59 Å². The highest BCUT2D eigenvalue weighted by Gasteiger charge is 2.37. The molecule has 9 nitrogen and oxygen atoms in total. The third kappa shape index (κ3) is 4.54. The molecular formula is C26H31N3O6S. The van der Waals surface area contributed by atoms with E-state index < -0.39 is 16.1 Å². The van der Waals surface area contributed by atoms with E-state index in [-0.39, 0.29) is 22.8 Å². The number of ether oxygens (including phenoxy) is 2. The maximum atomic E-state index is 13.4. The molecule has 3 aliphatic heterocycles. The first-order chi connectivity index (χ1) is 17.3. The van der Waals surface area contributed by atoms with E-state index in [2.05, 4.69) is 0 Å². The summed E-state index contributed by atoms with van der Waals surface area (Å²) in [6, 6.07) is 12.2. The van der Waals surface area contributed by atoms with Crippen molar-refractivity contribution in [1.29, 1.82) is 0 Å². The lowest BCUT2D eigenvalue weighted by Crippen LogP contribution is -2.53. The number of hydrogen-bond donors (Lipinski definition) is 0. The highest BCUT2D eigenvalue weighted by atomic mass is 32.2. The minimum Gasteiger partial charge on any atom is -0.379 e. The number of fused-ring (bicyclic) bond motifs is 1. The Hall–Kier alpha value is -2.79. The van der Waals surface area contributed by atoms with Gasteiger partial charge in [-0.1, -0.05) is 18.2 Å². The molecule has 10 heteroatoms. The van der Waals surface area contributed by atoms with Crippen molar-refractivity contribution in [2.24, 2.45) is 0 Å². The lowest BCUT2D eigenvalue weighted by molar-refractivity contribution is -0.127. The zero-order chi connectivity index (χ0) is 25.4. The predicted molar refractivity (Wildman–Crippen MR) is 135 cm³/mol. The highest BCUT2D eigenvalue weighted by Crippen LogP contribution is 2.40. The molecule has 0 spiro atoms. The molecule has 2 amide bonds. The fraction of sp³-hybridized carbons (Fsp3) is 0.462. The van der Waals surface area contributed by atoms with Gasteiger partial charge in [-0.15, -0.1) is 0 Å². The van der Waals surface area contributed by atoms with Gasteiger partial charge in [0.2, 0.25) is 15.9 Å². The van der Waals surface area contributed by atoms with Gasteiger partial charge in [-0.25, -0.2) is 8.42 Å². The summed E-state index contributed by atoms with van der Waals surface area (Å²) >= 11 is 0. The Morgan fingerprint density at radius 2 is 1.64 bits per heavy atom. The molecule has 192 valence electrons. The molecule has 2 fully saturated rings. The number of benzene rings is 2. The second-order valence-corrected chi connectivity index (χ2v) is 11.4. The Morgan fingerprint density at radius 3 is 2.28 bits per heavy atom. The van der Waals surface area contributed by atoms with Gasteiger partial charge in [0.05, 0.1) is 35.5 Å². The summed E-state index contributed by atoms with van der Waals surface area (Å²) in [4.78, 5) is 29.5. The van der Waals surface area contributed by atoms with Gasteiger partial charge in [0.15, 0.2) is 0 Å². The van der Waals surface area contributed by atoms with E-state index in [0.29, 0.717) is 57.3 Å². The summed E-state index contributed by atoms with van der Waals surface area (Å²) in [5, 5.41) is 0. The van der Waals surface area contributed by atoms with Gasteiger partial charge in [-0.2, -0.15) is 4.31 Å². The number of anilines is 2. The molecule has 0 saturated carbocycles. The third-order valence-electron chi connectivity index (χ3n) is 7.02. The average molecular weight is 514 g/mol. The van der Waals surface area contributed by atoms with Gasteiger partial charge >= 0.3 is 0 Å². The van der Waals surface area contributed by atoms with E-state index in [4.69, 9.17) is 9.47 Å². The SMILES string of the molecule is CC(=O)N1c2ccc(-c3ccc(S(=O)(=O)N4CCOCC4)cc3)cc2N(C(=O)C2CCCO2)CC1C. The topological polar surface area (TPSA) is 96.5 Å². The number of carbonyl (C=O) groups excluding carboxylic acids is 2. The van der Waals surface area contributed by atoms with E-state index in [1.807, 2.05) is 25.1 Å². The van der Waals surface area contributed by atoms with Gasteiger partial charge in [0.1, 0.15) is 6.10 Å². The molecule has 0 bridgehead atoms. The Kier molecular flexibility index (Phi) is 6.86. The van der Waals surface area contributed by atoms with Crippen molar-refractivity contribution in [3.05, 3.63) is 42.5 Å². The molecule has 3 aliphatic rings. The molecule has 36 heavy (non-hydrogen) atoms. The maximum Gasteiger partial charge on any atom is 0.256 e. The van der Waals surface area contributed by atoms with Crippen LogP contribution in [0.25, 0.3) is 11.1 Å². The van der Waals surface area contributed by atoms with Crippen molar-refractivity contribution in [2.45, 2.75) is 43.7 Å². The van der Waals surface area contributed by atoms with Gasteiger partial charge < -0.3 is 19.3 Å². The molecule has 0 N–H and O–H groups in total. The summed E-state index contributed by atoms with van der Waals surface area (Å²) in [5.74, 6) is -0.175. The summed E-state index contributed by atoms with van der Waals surface area (Å²) < 4.78 is 38.3. The fourth-order valence-corrected chi connectivity index (χ4v) is 6.60. The van der Waals surface area contributed by atoms with Crippen LogP contribution in [0, 0.1) is 0 Å². The predicted octanol–water partition coefficient (Wildman–Crippen LogP) is 2.64. The molecule has 5 rings (SSSR count). The van der Waals surface area contributed by atoms with Crippen LogP contribution in [0.3, 0.4) is 0 Å². The van der Waals surface area contributed by atoms with Crippen molar-refractivity contribution < 1.29 is 27.5 Å². The van der Waals surface area contributed by atoms with E-state index in [1.165, 1.54) is 11.2 Å². The Morgan fingerprint density at radius 1 is 0.944 bits per heavy atom. The van der Waals surface area contributed by atoms with E-state index in [9.17, 15) is 18.0 Å². The number of nitrogens with zero attached hydrogens (tertiary/aromatic N) is 3. The summed E-state index contributed by atoms with van der Waals surface area (Å²) in [5.41, 5.74) is 2.98. The van der Waals surface area contributed by atoms with Gasteiger partial charge in [0.25, 0.3) is 5.91 Å². The summed E-state index contributed by atoms with van der Waals surface area (Å²) in [6.07, 6.45) is 1.07. The van der Waals surface area contributed by atoms with Crippen molar-refractivity contribution >= 4 is 33.2 Å². The number of carbonyl (C=O) groups is 2. The van der Waals surface area contributed by atoms with Crippen LogP contribution in [0.15, 0.2) is 47.4 Å². The first-order valence-corrected chi connectivity index (χ1v) is 13.8. The molecule has 2 aromatic carbocycles. The van der Waals surface area contributed by atoms with Crippen LogP contribution in [-0.4, -0.2) is 76.1 Å². The van der Waals surface area contributed by atoms with Gasteiger partial charge in [-0.05, 0) is 55.2 Å². The monoisotopic (exact) mass is 513 g/mol. The number of amides is 2. The number of sulfonamides is 1. The zero-order valence-electron chi connectivity index (χ0n) is 20.6. The molecule has 0 radical (unpaired) electrons. The number of hydrogen-bond acceptors (Lipinski definition) is 6. The van der Waals surface area contributed by atoms with Crippen LogP contribution < -0.4 is 9.80 Å². The van der Waals surface area contributed by atoms with Crippen molar-refractivity contribution in [1.82, 2.24) is 4.31 Å². The molecule has 0 aliphatic carbocycles. The fourth-order valence-electron chi connectivity index (χ4n) is 5.19. The second-order valence-electron chi connectivity index (χ2n) is 9.43. The molecule has 3 heterocycles. The lowest BCUT2D eigenvalue weighted by atomic mass is 10.00. The van der Waals surface area contributed by atoms with Crippen LogP contribution in [0.2, 0.25) is 0 Å². The molecule has 2 unspecified atom stereocenters. The van der Waals surface area contributed by atoms with E-state index >= 15 is 0 Å². The molecule has 0 aromatic heterocycles. The third-order valence-corrected chi connectivity index (χ3v) is 8.93. The summed E-state index contributed by atoms with van der Waals surface area (Å²) in [7, 11) is -3.59. The lowest BCUT2D eigenvalue weighted by Gasteiger charge is -2.41. The van der Waals surface area contributed by atoms with Crippen molar-refractivity contribution in [3.63, 3.8) is 0 Å². The minimum atomic E-state index is -3.59. The largest absolute Gasteiger partial charge is 0.379 e. The molecule has 2 saturated heterocycles. The maximum absolute atomic E-state index is 13.4. The molecular weight excluding hydrogens is 482 g/mol. The van der Waals surface area contributed by atoms with Crippen LogP contribution in [0.4, 0.5) is 11.4 Å². The van der Waals surface area contributed by atoms with Crippen molar-refractivity contribution in [3.8, 4) is 11.1 Å².